The Balaban J connectivity index is 1.72. The van der Waals surface area contributed by atoms with Gasteiger partial charge in [0.25, 0.3) is 0 Å². The van der Waals surface area contributed by atoms with Gasteiger partial charge >= 0.3 is 0 Å². The van der Waals surface area contributed by atoms with Gasteiger partial charge in [0.1, 0.15) is 5.75 Å². The number of benzene rings is 1. The number of piperazine rings is 1. The first-order chi connectivity index (χ1) is 10.7. The molecule has 0 bridgehead atoms. The molecule has 1 fully saturated rings. The van der Waals surface area contributed by atoms with Crippen LogP contribution < -0.4 is 10.2 Å². The predicted molar refractivity (Wildman–Crippen MR) is 93.6 cm³/mol. The Morgan fingerprint density at radius 1 is 1.27 bits per heavy atom. The lowest BCUT2D eigenvalue weighted by Crippen LogP contribution is -2.52. The fourth-order valence-corrected chi connectivity index (χ4v) is 2.79. The number of hydrogen-bond donors (Lipinski definition) is 2. The molecule has 1 aromatic carbocycles. The number of rotatable bonds is 6. The molecule has 6 heteroatoms. The summed E-state index contributed by atoms with van der Waals surface area (Å²) in [5, 5.41) is 14.0. The van der Waals surface area contributed by atoms with Crippen LogP contribution in [0.3, 0.4) is 0 Å². The standard InChI is InChI=1S/C16H25N3O2S/c1-2-21-13-5-8-17-16(22)19-11-9-18(10-12-19)14-6-3-4-7-15(14)20/h3-4,6-7,20H,2,5,8-13H2,1H3,(H,17,22). The van der Waals surface area contributed by atoms with Gasteiger partial charge in [-0.2, -0.15) is 0 Å². The average Bonchev–Trinajstić information content (AvgIpc) is 2.55. The summed E-state index contributed by atoms with van der Waals surface area (Å²) in [4.78, 5) is 4.38. The van der Waals surface area contributed by atoms with E-state index in [1.54, 1.807) is 6.07 Å². The second-order valence-corrected chi connectivity index (χ2v) is 5.63. The molecule has 0 amide bonds. The molecule has 5 nitrogen and oxygen atoms in total. The summed E-state index contributed by atoms with van der Waals surface area (Å²) in [6, 6.07) is 7.48. The number of phenols is 1. The molecular weight excluding hydrogens is 298 g/mol. The summed E-state index contributed by atoms with van der Waals surface area (Å²) in [7, 11) is 0. The largest absolute Gasteiger partial charge is 0.506 e. The first-order valence-corrected chi connectivity index (χ1v) is 8.26. The molecule has 0 radical (unpaired) electrons. The minimum Gasteiger partial charge on any atom is -0.506 e. The number of phenolic OH excluding ortho intramolecular Hbond substituents is 1. The van der Waals surface area contributed by atoms with Crippen molar-refractivity contribution in [3.63, 3.8) is 0 Å². The smallest absolute Gasteiger partial charge is 0.169 e. The quantitative estimate of drug-likeness (QED) is 0.615. The molecular formula is C16H25N3O2S. The first-order valence-electron chi connectivity index (χ1n) is 7.86. The van der Waals surface area contributed by atoms with Crippen molar-refractivity contribution in [1.82, 2.24) is 10.2 Å². The summed E-state index contributed by atoms with van der Waals surface area (Å²) in [6.07, 6.45) is 0.964. The van der Waals surface area contributed by atoms with E-state index in [0.717, 1.165) is 63.2 Å². The lowest BCUT2D eigenvalue weighted by molar-refractivity contribution is 0.145. The lowest BCUT2D eigenvalue weighted by atomic mass is 10.2. The third-order valence-corrected chi connectivity index (χ3v) is 4.14. The van der Waals surface area contributed by atoms with Crippen molar-refractivity contribution in [3.8, 4) is 5.75 Å². The average molecular weight is 323 g/mol. The molecule has 1 aromatic rings. The summed E-state index contributed by atoms with van der Waals surface area (Å²) in [5.41, 5.74) is 0.901. The van der Waals surface area contributed by atoms with Gasteiger partial charge in [-0.15, -0.1) is 0 Å². The second-order valence-electron chi connectivity index (χ2n) is 5.25. The van der Waals surface area contributed by atoms with E-state index in [9.17, 15) is 5.11 Å². The highest BCUT2D eigenvalue weighted by atomic mass is 32.1. The van der Waals surface area contributed by atoms with E-state index in [0.29, 0.717) is 5.75 Å². The van der Waals surface area contributed by atoms with E-state index in [1.807, 2.05) is 25.1 Å². The van der Waals surface area contributed by atoms with Crippen LogP contribution in [0.4, 0.5) is 5.69 Å². The Morgan fingerprint density at radius 2 is 2.00 bits per heavy atom. The maximum Gasteiger partial charge on any atom is 0.169 e. The molecule has 122 valence electrons. The molecule has 22 heavy (non-hydrogen) atoms. The van der Waals surface area contributed by atoms with Crippen molar-refractivity contribution < 1.29 is 9.84 Å². The minimum absolute atomic E-state index is 0.340. The third-order valence-electron chi connectivity index (χ3n) is 3.74. The van der Waals surface area contributed by atoms with Gasteiger partial charge in [0.2, 0.25) is 0 Å². The van der Waals surface area contributed by atoms with Gasteiger partial charge < -0.3 is 25.0 Å². The van der Waals surface area contributed by atoms with Gasteiger partial charge in [-0.25, -0.2) is 0 Å². The van der Waals surface area contributed by atoms with Gasteiger partial charge in [-0.05, 0) is 37.7 Å². The van der Waals surface area contributed by atoms with Gasteiger partial charge in [-0.3, -0.25) is 0 Å². The normalized spacial score (nSPS) is 15.0. The van der Waals surface area contributed by atoms with Crippen LogP contribution in [0.5, 0.6) is 5.75 Å². The Hall–Kier alpha value is -1.53. The SMILES string of the molecule is CCOCCCNC(=S)N1CCN(c2ccccc2O)CC1. The number of para-hydroxylation sites is 2. The fourth-order valence-electron chi connectivity index (χ4n) is 2.51. The maximum absolute atomic E-state index is 9.92. The van der Waals surface area contributed by atoms with Crippen LogP contribution >= 0.6 is 12.2 Å². The molecule has 1 aliphatic rings. The van der Waals surface area contributed by atoms with Gasteiger partial charge in [-0.1, -0.05) is 12.1 Å². The van der Waals surface area contributed by atoms with Crippen LogP contribution in [-0.2, 0) is 4.74 Å². The van der Waals surface area contributed by atoms with Gasteiger partial charge in [0.05, 0.1) is 5.69 Å². The fraction of sp³-hybridized carbons (Fsp3) is 0.562. The zero-order valence-corrected chi connectivity index (χ0v) is 13.9. The topological polar surface area (TPSA) is 48.0 Å². The van der Waals surface area contributed by atoms with E-state index in [1.165, 1.54) is 0 Å². The van der Waals surface area contributed by atoms with Crippen molar-refractivity contribution in [2.75, 3.05) is 50.8 Å². The van der Waals surface area contributed by atoms with Crippen LogP contribution in [0.15, 0.2) is 24.3 Å². The zero-order chi connectivity index (χ0) is 15.8. The Morgan fingerprint density at radius 3 is 2.68 bits per heavy atom. The first kappa shape index (κ1) is 16.8. The second kappa shape index (κ2) is 8.80. The van der Waals surface area contributed by atoms with Crippen molar-refractivity contribution in [3.05, 3.63) is 24.3 Å². The number of aromatic hydroxyl groups is 1. The molecule has 2 rings (SSSR count). The van der Waals surface area contributed by atoms with Crippen LogP contribution in [0.1, 0.15) is 13.3 Å². The Kier molecular flexibility index (Phi) is 6.74. The van der Waals surface area contributed by atoms with Gasteiger partial charge in [0, 0.05) is 45.9 Å². The van der Waals surface area contributed by atoms with Crippen molar-refractivity contribution in [2.45, 2.75) is 13.3 Å². The predicted octanol–water partition coefficient (Wildman–Crippen LogP) is 1.82. The summed E-state index contributed by atoms with van der Waals surface area (Å²) < 4.78 is 5.31. The zero-order valence-electron chi connectivity index (χ0n) is 13.1. The number of hydrogen-bond acceptors (Lipinski definition) is 4. The van der Waals surface area contributed by atoms with E-state index < -0.39 is 0 Å². The van der Waals surface area contributed by atoms with Crippen LogP contribution in [0.2, 0.25) is 0 Å². The monoisotopic (exact) mass is 323 g/mol. The number of nitrogens with one attached hydrogen (secondary N) is 1. The van der Waals surface area contributed by atoms with Crippen molar-refractivity contribution >= 4 is 23.0 Å². The van der Waals surface area contributed by atoms with Gasteiger partial charge in [0.15, 0.2) is 5.11 Å². The maximum atomic E-state index is 9.92. The summed E-state index contributed by atoms with van der Waals surface area (Å²) >= 11 is 5.44. The number of anilines is 1. The number of nitrogens with zero attached hydrogens (tertiary/aromatic N) is 2. The molecule has 1 saturated heterocycles. The summed E-state index contributed by atoms with van der Waals surface area (Å²) in [6.45, 7) is 7.83. The number of ether oxygens (including phenoxy) is 1. The lowest BCUT2D eigenvalue weighted by Gasteiger charge is -2.37. The molecule has 0 atom stereocenters. The van der Waals surface area contributed by atoms with Crippen LogP contribution in [0, 0.1) is 0 Å². The molecule has 0 aromatic heterocycles. The highest BCUT2D eigenvalue weighted by Crippen LogP contribution is 2.27. The van der Waals surface area contributed by atoms with E-state index in [4.69, 9.17) is 17.0 Å². The van der Waals surface area contributed by atoms with E-state index in [2.05, 4.69) is 15.1 Å². The minimum atomic E-state index is 0.340. The molecule has 2 N–H and O–H groups in total. The third kappa shape index (κ3) is 4.74. The van der Waals surface area contributed by atoms with Crippen molar-refractivity contribution in [1.29, 1.82) is 0 Å². The number of thiocarbonyl (C=S) groups is 1. The molecule has 0 aliphatic carbocycles. The van der Waals surface area contributed by atoms with Crippen molar-refractivity contribution in [2.24, 2.45) is 0 Å². The Bertz CT molecular complexity index is 476. The van der Waals surface area contributed by atoms with E-state index in [-0.39, 0.29) is 0 Å². The van der Waals surface area contributed by atoms with Crippen LogP contribution in [0.25, 0.3) is 0 Å². The molecule has 0 spiro atoms. The van der Waals surface area contributed by atoms with Crippen LogP contribution in [-0.4, -0.2) is 61.1 Å². The van der Waals surface area contributed by atoms with E-state index >= 15 is 0 Å². The molecule has 0 unspecified atom stereocenters. The summed E-state index contributed by atoms with van der Waals surface area (Å²) in [5.74, 6) is 0.340. The molecule has 1 aliphatic heterocycles. The highest BCUT2D eigenvalue weighted by Gasteiger charge is 2.20. The molecule has 0 saturated carbocycles. The molecule has 1 heterocycles. The highest BCUT2D eigenvalue weighted by molar-refractivity contribution is 7.80. The Labute approximate surface area is 137 Å².